The molecule has 0 saturated carbocycles. The lowest BCUT2D eigenvalue weighted by molar-refractivity contribution is -0.119. The van der Waals surface area contributed by atoms with Gasteiger partial charge in [0.1, 0.15) is 0 Å². The summed E-state index contributed by atoms with van der Waals surface area (Å²) in [5.41, 5.74) is 6.20. The Morgan fingerprint density at radius 2 is 1.96 bits per heavy atom. The van der Waals surface area contributed by atoms with Crippen LogP contribution in [0.4, 0.5) is 0 Å². The van der Waals surface area contributed by atoms with Gasteiger partial charge in [0.2, 0.25) is 0 Å². The quantitative estimate of drug-likeness (QED) is 0.832. The number of primary amides is 1. The second-order valence-electron chi connectivity index (χ2n) is 6.80. The first kappa shape index (κ1) is 17.3. The molecule has 0 radical (unpaired) electrons. The Morgan fingerprint density at radius 3 is 2.54 bits per heavy atom. The lowest BCUT2D eigenvalue weighted by Gasteiger charge is -2.20. The Balaban J connectivity index is 1.68. The number of nitrogens with zero attached hydrogens (tertiary/aromatic N) is 2. The van der Waals surface area contributed by atoms with Crippen molar-refractivity contribution >= 4 is 17.5 Å². The molecular weight excluding hydrogens is 330 g/mol. The predicted molar refractivity (Wildman–Crippen MR) is 92.4 cm³/mol. The van der Waals surface area contributed by atoms with Crippen LogP contribution in [-0.4, -0.2) is 62.7 Å². The zero-order valence-corrected chi connectivity index (χ0v) is 14.9. The van der Waals surface area contributed by atoms with Gasteiger partial charge in [-0.15, -0.1) is 0 Å². The Labute approximate surface area is 147 Å². The number of amides is 1. The molecule has 1 aromatic carbocycles. The maximum atomic E-state index is 10.9. The van der Waals surface area contributed by atoms with Crippen molar-refractivity contribution in [3.8, 4) is 11.5 Å². The molecule has 2 saturated heterocycles. The second-order valence-corrected chi connectivity index (χ2v) is 7.21. The summed E-state index contributed by atoms with van der Waals surface area (Å²) in [6, 6.07) is 3.79. The van der Waals surface area contributed by atoms with Gasteiger partial charge in [-0.25, -0.2) is 0 Å². The van der Waals surface area contributed by atoms with Crippen LogP contribution >= 0.6 is 11.6 Å². The molecular formula is C17H24ClN3O3. The van der Waals surface area contributed by atoms with E-state index in [2.05, 4.69) is 16.8 Å². The fourth-order valence-electron chi connectivity index (χ4n) is 3.86. The summed E-state index contributed by atoms with van der Waals surface area (Å²) in [6.45, 7) is 5.22. The van der Waals surface area contributed by atoms with Crippen molar-refractivity contribution < 1.29 is 14.3 Å². The Hall–Kier alpha value is -1.50. The van der Waals surface area contributed by atoms with E-state index in [1.807, 2.05) is 12.1 Å². The number of fused-ring (bicyclic) bond motifs is 1. The molecule has 1 amide bonds. The van der Waals surface area contributed by atoms with E-state index >= 15 is 0 Å². The van der Waals surface area contributed by atoms with Crippen LogP contribution in [0.15, 0.2) is 12.1 Å². The second kappa shape index (κ2) is 7.17. The van der Waals surface area contributed by atoms with E-state index in [0.29, 0.717) is 16.5 Å². The average molecular weight is 354 g/mol. The number of nitrogens with two attached hydrogens (primary N) is 1. The third-order valence-electron chi connectivity index (χ3n) is 4.80. The highest BCUT2D eigenvalue weighted by molar-refractivity contribution is 6.32. The summed E-state index contributed by atoms with van der Waals surface area (Å²) in [5, 5.41) is 0.435. The molecule has 2 unspecified atom stereocenters. The first-order valence-corrected chi connectivity index (χ1v) is 8.52. The highest BCUT2D eigenvalue weighted by Crippen LogP contribution is 2.37. The lowest BCUT2D eigenvalue weighted by atomic mass is 10.0. The normalized spacial score (nSPS) is 24.1. The molecule has 0 aliphatic carbocycles. The molecule has 24 heavy (non-hydrogen) atoms. The molecule has 2 atom stereocenters. The summed E-state index contributed by atoms with van der Waals surface area (Å²) in [4.78, 5) is 15.8. The number of benzene rings is 1. The van der Waals surface area contributed by atoms with Crippen LogP contribution in [0.2, 0.25) is 5.02 Å². The Bertz CT molecular complexity index is 611. The van der Waals surface area contributed by atoms with E-state index < -0.39 is 5.91 Å². The molecule has 2 aliphatic heterocycles. The topological polar surface area (TPSA) is 68.0 Å². The Morgan fingerprint density at radius 1 is 1.29 bits per heavy atom. The van der Waals surface area contributed by atoms with Crippen molar-refractivity contribution in [2.45, 2.75) is 6.54 Å². The van der Waals surface area contributed by atoms with Gasteiger partial charge in [-0.3, -0.25) is 9.69 Å². The number of halogens is 1. The molecule has 0 bridgehead atoms. The molecule has 3 rings (SSSR count). The van der Waals surface area contributed by atoms with Gasteiger partial charge in [0.15, 0.2) is 18.1 Å². The highest BCUT2D eigenvalue weighted by atomic mass is 35.5. The third-order valence-corrected chi connectivity index (χ3v) is 5.08. The Kier molecular flexibility index (Phi) is 5.18. The van der Waals surface area contributed by atoms with Crippen LogP contribution in [0.1, 0.15) is 5.56 Å². The third kappa shape index (κ3) is 3.77. The average Bonchev–Trinajstić information content (AvgIpc) is 3.01. The van der Waals surface area contributed by atoms with E-state index in [0.717, 1.165) is 37.0 Å². The zero-order valence-electron chi connectivity index (χ0n) is 14.1. The maximum Gasteiger partial charge on any atom is 0.255 e. The van der Waals surface area contributed by atoms with Crippen LogP contribution in [0.3, 0.4) is 0 Å². The highest BCUT2D eigenvalue weighted by Gasteiger charge is 2.38. The van der Waals surface area contributed by atoms with Crippen LogP contribution in [0.5, 0.6) is 11.5 Å². The molecule has 0 spiro atoms. The molecule has 6 nitrogen and oxygen atoms in total. The van der Waals surface area contributed by atoms with Gasteiger partial charge >= 0.3 is 0 Å². The first-order chi connectivity index (χ1) is 11.5. The predicted octanol–water partition coefficient (Wildman–Crippen LogP) is 1.21. The maximum absolute atomic E-state index is 10.9. The van der Waals surface area contributed by atoms with Crippen molar-refractivity contribution in [1.29, 1.82) is 0 Å². The molecule has 2 heterocycles. The number of carbonyl (C=O) groups is 1. The first-order valence-electron chi connectivity index (χ1n) is 8.14. The molecule has 2 N–H and O–H groups in total. The molecule has 132 valence electrons. The number of hydrogen-bond acceptors (Lipinski definition) is 5. The zero-order chi connectivity index (χ0) is 17.3. The van der Waals surface area contributed by atoms with E-state index in [1.54, 1.807) is 7.11 Å². The van der Waals surface area contributed by atoms with Gasteiger partial charge < -0.3 is 20.1 Å². The minimum absolute atomic E-state index is 0.224. The number of rotatable bonds is 6. The molecule has 0 aromatic heterocycles. The fraction of sp³-hybridized carbons (Fsp3) is 0.588. The number of carbonyl (C=O) groups excluding carboxylic acids is 1. The van der Waals surface area contributed by atoms with Gasteiger partial charge in [-0.2, -0.15) is 0 Å². The van der Waals surface area contributed by atoms with Crippen molar-refractivity contribution in [2.75, 3.05) is 46.9 Å². The van der Waals surface area contributed by atoms with Gasteiger partial charge in [-0.05, 0) is 36.6 Å². The van der Waals surface area contributed by atoms with Crippen LogP contribution in [0, 0.1) is 11.8 Å². The summed E-state index contributed by atoms with van der Waals surface area (Å²) < 4.78 is 10.7. The van der Waals surface area contributed by atoms with E-state index in [4.69, 9.17) is 26.8 Å². The number of hydrogen-bond donors (Lipinski definition) is 1. The molecule has 1 aromatic rings. The van der Waals surface area contributed by atoms with Gasteiger partial charge in [0.05, 0.1) is 12.1 Å². The van der Waals surface area contributed by atoms with E-state index in [-0.39, 0.29) is 6.61 Å². The standard InChI is InChI=1S/C17H24ClN3O3/c1-20-6-12-8-21(9-13(12)7-20)5-11-3-14(18)17(15(4-11)23-2)24-10-16(19)22/h3-4,12-13H,5-10H2,1-2H3,(H2,19,22). The summed E-state index contributed by atoms with van der Waals surface area (Å²) in [5.74, 6) is 1.88. The van der Waals surface area contributed by atoms with Crippen molar-refractivity contribution in [3.05, 3.63) is 22.7 Å². The molecule has 2 fully saturated rings. The van der Waals surface area contributed by atoms with Gasteiger partial charge in [-0.1, -0.05) is 11.6 Å². The van der Waals surface area contributed by atoms with Crippen LogP contribution in [0.25, 0.3) is 0 Å². The van der Waals surface area contributed by atoms with Crippen LogP contribution < -0.4 is 15.2 Å². The van der Waals surface area contributed by atoms with Crippen molar-refractivity contribution in [3.63, 3.8) is 0 Å². The SMILES string of the molecule is COc1cc(CN2CC3CN(C)CC3C2)cc(Cl)c1OCC(N)=O. The van der Waals surface area contributed by atoms with Crippen LogP contribution in [-0.2, 0) is 11.3 Å². The minimum atomic E-state index is -0.550. The van der Waals surface area contributed by atoms with Crippen molar-refractivity contribution in [2.24, 2.45) is 17.6 Å². The largest absolute Gasteiger partial charge is 0.493 e. The molecule has 7 heteroatoms. The summed E-state index contributed by atoms with van der Waals surface area (Å²) in [6.07, 6.45) is 0. The number of ether oxygens (including phenoxy) is 2. The van der Waals surface area contributed by atoms with E-state index in [1.165, 1.54) is 13.1 Å². The molecule has 2 aliphatic rings. The van der Waals surface area contributed by atoms with Crippen molar-refractivity contribution in [1.82, 2.24) is 9.80 Å². The fourth-order valence-corrected chi connectivity index (χ4v) is 4.15. The minimum Gasteiger partial charge on any atom is -0.493 e. The smallest absolute Gasteiger partial charge is 0.255 e. The van der Waals surface area contributed by atoms with Gasteiger partial charge in [0.25, 0.3) is 5.91 Å². The summed E-state index contributed by atoms with van der Waals surface area (Å²) in [7, 11) is 3.75. The van der Waals surface area contributed by atoms with Gasteiger partial charge in [0, 0.05) is 32.7 Å². The monoisotopic (exact) mass is 353 g/mol. The van der Waals surface area contributed by atoms with E-state index in [9.17, 15) is 4.79 Å². The summed E-state index contributed by atoms with van der Waals surface area (Å²) >= 11 is 6.31. The lowest BCUT2D eigenvalue weighted by Crippen LogP contribution is -2.26. The number of likely N-dealkylation sites (tertiary alicyclic amines) is 2. The number of methoxy groups -OCH3 is 1.